The molecule has 0 saturated carbocycles. The Balaban J connectivity index is 1.38. The number of carbonyl (C=O) groups is 1. The number of anilines is 3. The molecule has 0 aromatic carbocycles. The molecule has 0 bridgehead atoms. The van der Waals surface area contributed by atoms with Gasteiger partial charge in [-0.25, -0.2) is 24.7 Å². The minimum atomic E-state index is -0.307. The van der Waals surface area contributed by atoms with Gasteiger partial charge in [-0.05, 0) is 82.8 Å². The number of esters is 1. The van der Waals surface area contributed by atoms with E-state index in [2.05, 4.69) is 47.6 Å². The predicted molar refractivity (Wildman–Crippen MR) is 148 cm³/mol. The first kappa shape index (κ1) is 26.1. The summed E-state index contributed by atoms with van der Waals surface area (Å²) in [6, 6.07) is 9.11. The molecule has 10 nitrogen and oxygen atoms in total. The summed E-state index contributed by atoms with van der Waals surface area (Å²) in [5.41, 5.74) is 2.20. The first-order valence-corrected chi connectivity index (χ1v) is 12.9. The van der Waals surface area contributed by atoms with Crippen LogP contribution in [0, 0.1) is 12.8 Å². The van der Waals surface area contributed by atoms with E-state index in [1.807, 2.05) is 37.4 Å². The Morgan fingerprint density at radius 2 is 2.14 bits per heavy atom. The molecule has 3 N–H and O–H groups in total. The molecular weight excluding hydrogens is 488 g/mol. The van der Waals surface area contributed by atoms with E-state index in [4.69, 9.17) is 4.74 Å². The van der Waals surface area contributed by atoms with Gasteiger partial charge in [-0.15, -0.1) is 11.3 Å². The molecule has 3 aromatic rings. The number of hydrogen-bond acceptors (Lipinski definition) is 10. The lowest BCUT2D eigenvalue weighted by Gasteiger charge is -2.21. The number of allylic oxidation sites excluding steroid dienone is 1. The molecule has 37 heavy (non-hydrogen) atoms. The van der Waals surface area contributed by atoms with E-state index < -0.39 is 0 Å². The van der Waals surface area contributed by atoms with Gasteiger partial charge in [0.2, 0.25) is 5.95 Å². The van der Waals surface area contributed by atoms with Crippen LogP contribution >= 0.6 is 11.3 Å². The molecule has 4 rings (SSSR count). The number of nitrogens with one attached hydrogen (secondary N) is 3. The average Bonchev–Trinajstić information content (AvgIpc) is 3.39. The lowest BCUT2D eigenvalue weighted by molar-refractivity contribution is 0.0421. The first-order valence-electron chi connectivity index (χ1n) is 12.0. The summed E-state index contributed by atoms with van der Waals surface area (Å²) in [6.07, 6.45) is 5.49. The van der Waals surface area contributed by atoms with Gasteiger partial charge in [-0.3, -0.25) is 0 Å². The SMILES string of the molecule is C=NC(=N/C(=C\C)Nc1ccnc(Nc2csc(C(=O)OCC3CCNCC3)c2)n1)c1cccc(C)n1. The van der Waals surface area contributed by atoms with E-state index in [1.165, 1.54) is 11.3 Å². The minimum Gasteiger partial charge on any atom is -0.461 e. The van der Waals surface area contributed by atoms with Crippen LogP contribution in [0.5, 0.6) is 0 Å². The average molecular weight is 519 g/mol. The Morgan fingerprint density at radius 1 is 1.30 bits per heavy atom. The molecule has 0 radical (unpaired) electrons. The van der Waals surface area contributed by atoms with E-state index in [9.17, 15) is 4.79 Å². The molecule has 3 aromatic heterocycles. The van der Waals surface area contributed by atoms with Gasteiger partial charge in [0.1, 0.15) is 22.2 Å². The molecule has 1 aliphatic heterocycles. The number of carbonyl (C=O) groups excluding carboxylic acids is 1. The van der Waals surface area contributed by atoms with Crippen molar-refractivity contribution >= 4 is 47.3 Å². The number of thiophene rings is 1. The van der Waals surface area contributed by atoms with Crippen LogP contribution in [0.4, 0.5) is 17.5 Å². The lowest BCUT2D eigenvalue weighted by Crippen LogP contribution is -2.30. The van der Waals surface area contributed by atoms with E-state index >= 15 is 0 Å². The van der Waals surface area contributed by atoms with Crippen molar-refractivity contribution in [3.05, 3.63) is 70.1 Å². The Kier molecular flexibility index (Phi) is 9.06. The quantitative estimate of drug-likeness (QED) is 0.214. The number of piperidine rings is 1. The van der Waals surface area contributed by atoms with Gasteiger partial charge in [0, 0.05) is 17.3 Å². The molecular formula is C26H30N8O2S. The highest BCUT2D eigenvalue weighted by molar-refractivity contribution is 7.12. The molecule has 0 amide bonds. The van der Waals surface area contributed by atoms with Crippen LogP contribution in [0.2, 0.25) is 0 Å². The van der Waals surface area contributed by atoms with E-state index in [0.29, 0.717) is 52.2 Å². The van der Waals surface area contributed by atoms with Crippen molar-refractivity contribution in [1.82, 2.24) is 20.3 Å². The molecule has 1 fully saturated rings. The molecule has 0 atom stereocenters. The highest BCUT2D eigenvalue weighted by atomic mass is 32.1. The van der Waals surface area contributed by atoms with E-state index in [-0.39, 0.29) is 5.97 Å². The molecule has 1 aliphatic rings. The normalized spacial score (nSPS) is 14.8. The third-order valence-corrected chi connectivity index (χ3v) is 6.55. The summed E-state index contributed by atoms with van der Waals surface area (Å²) in [7, 11) is 0. The van der Waals surface area contributed by atoms with Crippen molar-refractivity contribution < 1.29 is 9.53 Å². The molecule has 0 aliphatic carbocycles. The number of amidine groups is 1. The molecule has 0 spiro atoms. The van der Waals surface area contributed by atoms with Crippen LogP contribution in [-0.2, 0) is 4.74 Å². The van der Waals surface area contributed by atoms with Crippen molar-refractivity contribution in [2.45, 2.75) is 26.7 Å². The first-order chi connectivity index (χ1) is 18.0. The number of aryl methyl sites for hydroxylation is 1. The number of pyridine rings is 1. The number of rotatable bonds is 9. The Hall–Kier alpha value is -3.96. The smallest absolute Gasteiger partial charge is 0.348 e. The van der Waals surface area contributed by atoms with Crippen LogP contribution in [0.15, 0.2) is 63.8 Å². The third kappa shape index (κ3) is 7.51. The maximum Gasteiger partial charge on any atom is 0.348 e. The molecule has 192 valence electrons. The van der Waals surface area contributed by atoms with Gasteiger partial charge in [0.15, 0.2) is 5.84 Å². The summed E-state index contributed by atoms with van der Waals surface area (Å²) in [5.74, 6) is 1.95. The number of ether oxygens (including phenoxy) is 1. The molecule has 0 unspecified atom stereocenters. The lowest BCUT2D eigenvalue weighted by atomic mass is 9.99. The van der Waals surface area contributed by atoms with Crippen LogP contribution in [0.1, 0.15) is 40.8 Å². The van der Waals surface area contributed by atoms with Gasteiger partial charge in [0.05, 0.1) is 12.3 Å². The van der Waals surface area contributed by atoms with Gasteiger partial charge in [-0.2, -0.15) is 4.98 Å². The van der Waals surface area contributed by atoms with Crippen molar-refractivity contribution in [3.63, 3.8) is 0 Å². The van der Waals surface area contributed by atoms with Crippen LogP contribution in [-0.4, -0.2) is 53.2 Å². The second-order valence-corrected chi connectivity index (χ2v) is 9.35. The zero-order chi connectivity index (χ0) is 26.0. The highest BCUT2D eigenvalue weighted by Gasteiger charge is 2.17. The second-order valence-electron chi connectivity index (χ2n) is 8.44. The summed E-state index contributed by atoms with van der Waals surface area (Å²) in [4.78, 5) is 34.8. The third-order valence-electron chi connectivity index (χ3n) is 5.64. The zero-order valence-electron chi connectivity index (χ0n) is 20.9. The summed E-state index contributed by atoms with van der Waals surface area (Å²) in [5, 5.41) is 11.5. The Labute approximate surface area is 220 Å². The van der Waals surface area contributed by atoms with E-state index in [0.717, 1.165) is 31.6 Å². The zero-order valence-corrected chi connectivity index (χ0v) is 21.7. The number of aliphatic imine (C=N–C) groups is 2. The van der Waals surface area contributed by atoms with Crippen molar-refractivity contribution in [2.24, 2.45) is 15.9 Å². The fourth-order valence-electron chi connectivity index (χ4n) is 3.69. The predicted octanol–water partition coefficient (Wildman–Crippen LogP) is 4.56. The minimum absolute atomic E-state index is 0.307. The van der Waals surface area contributed by atoms with Gasteiger partial charge < -0.3 is 20.7 Å². The summed E-state index contributed by atoms with van der Waals surface area (Å²) < 4.78 is 5.53. The van der Waals surface area contributed by atoms with Gasteiger partial charge in [-0.1, -0.05) is 6.07 Å². The Morgan fingerprint density at radius 3 is 2.89 bits per heavy atom. The van der Waals surface area contributed by atoms with Crippen molar-refractivity contribution in [3.8, 4) is 0 Å². The largest absolute Gasteiger partial charge is 0.461 e. The topological polar surface area (TPSA) is 126 Å². The van der Waals surface area contributed by atoms with Gasteiger partial charge in [0.25, 0.3) is 0 Å². The van der Waals surface area contributed by atoms with Crippen LogP contribution < -0.4 is 16.0 Å². The van der Waals surface area contributed by atoms with Crippen molar-refractivity contribution in [2.75, 3.05) is 30.3 Å². The standard InChI is InChI=1S/C26H30N8O2S/c1-4-22(33-24(27-3)20-7-5-6-17(2)30-20)32-23-10-13-29-26(34-23)31-19-14-21(37-16-19)25(35)36-15-18-8-11-28-12-9-18/h4-7,10,13-14,16,18,28H,3,8-9,11-12,15H2,1-2H3,(H2,29,31,32,34)/b22-4-,33-24?. The van der Waals surface area contributed by atoms with Gasteiger partial charge >= 0.3 is 5.97 Å². The maximum absolute atomic E-state index is 12.5. The summed E-state index contributed by atoms with van der Waals surface area (Å²) in [6.45, 7) is 9.79. The highest BCUT2D eigenvalue weighted by Crippen LogP contribution is 2.24. The van der Waals surface area contributed by atoms with Crippen LogP contribution in [0.3, 0.4) is 0 Å². The van der Waals surface area contributed by atoms with Crippen LogP contribution in [0.25, 0.3) is 0 Å². The van der Waals surface area contributed by atoms with E-state index in [1.54, 1.807) is 24.4 Å². The molecule has 1 saturated heterocycles. The second kappa shape index (κ2) is 12.8. The number of aromatic nitrogens is 3. The number of nitrogens with zero attached hydrogens (tertiary/aromatic N) is 5. The monoisotopic (exact) mass is 518 g/mol. The fourth-order valence-corrected chi connectivity index (χ4v) is 4.42. The number of hydrogen-bond donors (Lipinski definition) is 3. The molecule has 4 heterocycles. The maximum atomic E-state index is 12.5. The summed E-state index contributed by atoms with van der Waals surface area (Å²) >= 11 is 1.32. The molecule has 11 heteroatoms. The fraction of sp³-hybridized carbons (Fsp3) is 0.308. The Bertz CT molecular complexity index is 1300. The van der Waals surface area contributed by atoms with Crippen molar-refractivity contribution in [1.29, 1.82) is 0 Å².